The molecule has 38 heavy (non-hydrogen) atoms. The van der Waals surface area contributed by atoms with Crippen LogP contribution in [0.1, 0.15) is 66.8 Å². The van der Waals surface area contributed by atoms with Crippen LogP contribution in [-0.4, -0.2) is 63.8 Å². The van der Waals surface area contributed by atoms with Crippen molar-refractivity contribution in [1.82, 2.24) is 19.8 Å². The van der Waals surface area contributed by atoms with Gasteiger partial charge in [0.2, 0.25) is 0 Å². The number of hydrogen-bond acceptors (Lipinski definition) is 5. The second kappa shape index (κ2) is 10.6. The van der Waals surface area contributed by atoms with Crippen molar-refractivity contribution in [2.24, 2.45) is 34.1 Å². The molecule has 2 heterocycles. The lowest BCUT2D eigenvalue weighted by molar-refractivity contribution is -0.108. The van der Waals surface area contributed by atoms with E-state index in [1.54, 1.807) is 10.9 Å². The summed E-state index contributed by atoms with van der Waals surface area (Å²) in [5.41, 5.74) is 1.87. The molecule has 3 aliphatic carbocycles. The molecular formula is C30H46N6O2. The average Bonchev–Trinajstić information content (AvgIpc) is 2.88. The SMILES string of the molecule is CC(C)C[C@@H](CO)n1cnc2cc(NC(=NC3C[C@H]4C[C@H]([C@@H]3C)C4(C)C)N3CCN[C@@H](C)C3)ccc2c1=O. The maximum absolute atomic E-state index is 13.3. The zero-order valence-electron chi connectivity index (χ0n) is 23.9. The van der Waals surface area contributed by atoms with Gasteiger partial charge in [-0.15, -0.1) is 0 Å². The number of fused-ring (bicyclic) bond motifs is 3. The van der Waals surface area contributed by atoms with Gasteiger partial charge >= 0.3 is 0 Å². The first-order chi connectivity index (χ1) is 18.1. The van der Waals surface area contributed by atoms with Gasteiger partial charge in [0.05, 0.1) is 35.9 Å². The van der Waals surface area contributed by atoms with Gasteiger partial charge in [-0.25, -0.2) is 9.98 Å². The van der Waals surface area contributed by atoms with E-state index in [1.807, 2.05) is 18.2 Å². The third-order valence-electron chi connectivity index (χ3n) is 9.66. The van der Waals surface area contributed by atoms with Crippen LogP contribution in [0, 0.1) is 29.1 Å². The molecule has 6 rings (SSSR count). The zero-order valence-corrected chi connectivity index (χ0v) is 23.9. The van der Waals surface area contributed by atoms with Gasteiger partial charge in [-0.05, 0) is 73.5 Å². The molecule has 2 bridgehead atoms. The van der Waals surface area contributed by atoms with E-state index in [2.05, 4.69) is 62.1 Å². The topological polar surface area (TPSA) is 94.8 Å². The summed E-state index contributed by atoms with van der Waals surface area (Å²) in [5.74, 6) is 3.36. The number of rotatable bonds is 6. The Kier molecular flexibility index (Phi) is 7.57. The summed E-state index contributed by atoms with van der Waals surface area (Å²) in [6, 6.07) is 6.21. The standard InChI is InChI=1S/C30H46N6O2/c1-18(2)11-23(16-37)36-17-32-27-14-22(7-8-24(27)28(36)38)33-29(35-10-9-31-19(3)15-35)34-26-13-21-12-25(20(26)4)30(21,5)6/h7-8,14,17-21,23,25-26,31,37H,9-13,15-16H2,1-6H3,(H,33,34)/t19-,20-,21+,23-,25+,26?/m0/s1. The number of nitrogens with one attached hydrogen (secondary N) is 2. The normalized spacial score (nSPS) is 29.8. The number of nitrogens with zero attached hydrogens (tertiary/aromatic N) is 4. The third kappa shape index (κ3) is 5.09. The highest BCUT2D eigenvalue weighted by Gasteiger charge is 2.56. The van der Waals surface area contributed by atoms with Crippen molar-refractivity contribution in [1.29, 1.82) is 0 Å². The Morgan fingerprint density at radius 2 is 2.08 bits per heavy atom. The highest BCUT2D eigenvalue weighted by atomic mass is 16.3. The van der Waals surface area contributed by atoms with Gasteiger partial charge in [-0.3, -0.25) is 9.36 Å². The average molecular weight is 523 g/mol. The molecule has 3 saturated carbocycles. The van der Waals surface area contributed by atoms with Crippen LogP contribution >= 0.6 is 0 Å². The van der Waals surface area contributed by atoms with Gasteiger partial charge in [0.1, 0.15) is 0 Å². The molecule has 1 unspecified atom stereocenters. The Morgan fingerprint density at radius 1 is 1.29 bits per heavy atom. The Bertz CT molecular complexity index is 1240. The summed E-state index contributed by atoms with van der Waals surface area (Å²) >= 11 is 0. The third-order valence-corrected chi connectivity index (χ3v) is 9.66. The quantitative estimate of drug-likeness (QED) is 0.391. The Morgan fingerprint density at radius 3 is 2.74 bits per heavy atom. The second-order valence-corrected chi connectivity index (χ2v) is 13.1. The number of piperazine rings is 1. The van der Waals surface area contributed by atoms with Crippen LogP contribution in [0.4, 0.5) is 5.69 Å². The molecular weight excluding hydrogens is 476 g/mol. The Hall–Kier alpha value is -2.45. The largest absolute Gasteiger partial charge is 0.394 e. The van der Waals surface area contributed by atoms with Crippen molar-refractivity contribution in [2.75, 3.05) is 31.6 Å². The summed E-state index contributed by atoms with van der Waals surface area (Å²) < 4.78 is 1.59. The van der Waals surface area contributed by atoms with Crippen LogP contribution in [0.3, 0.4) is 0 Å². The van der Waals surface area contributed by atoms with E-state index in [-0.39, 0.29) is 18.2 Å². The van der Waals surface area contributed by atoms with Crippen molar-refractivity contribution in [3.05, 3.63) is 34.9 Å². The van der Waals surface area contributed by atoms with Gasteiger partial charge in [-0.1, -0.05) is 34.6 Å². The monoisotopic (exact) mass is 522 g/mol. The lowest BCUT2D eigenvalue weighted by atomic mass is 9.45. The van der Waals surface area contributed by atoms with Crippen LogP contribution in [0.25, 0.3) is 10.9 Å². The van der Waals surface area contributed by atoms with E-state index in [0.29, 0.717) is 40.2 Å². The van der Waals surface area contributed by atoms with Crippen molar-refractivity contribution < 1.29 is 5.11 Å². The number of aliphatic imine (C=N–C) groups is 1. The summed E-state index contributed by atoms with van der Waals surface area (Å²) in [4.78, 5) is 25.6. The molecule has 6 atom stereocenters. The lowest BCUT2D eigenvalue weighted by Crippen LogP contribution is -2.57. The van der Waals surface area contributed by atoms with Crippen LogP contribution in [0.5, 0.6) is 0 Å². The first-order valence-corrected chi connectivity index (χ1v) is 14.5. The molecule has 0 spiro atoms. The molecule has 1 saturated heterocycles. The number of guanidine groups is 1. The van der Waals surface area contributed by atoms with E-state index in [9.17, 15) is 9.90 Å². The van der Waals surface area contributed by atoms with Crippen LogP contribution in [-0.2, 0) is 0 Å². The maximum Gasteiger partial charge on any atom is 0.261 e. The molecule has 4 fully saturated rings. The number of aliphatic hydroxyl groups excluding tert-OH is 1. The number of hydrogen-bond donors (Lipinski definition) is 3. The molecule has 1 aromatic heterocycles. The molecule has 3 N–H and O–H groups in total. The Labute approximate surface area is 226 Å². The van der Waals surface area contributed by atoms with Crippen LogP contribution < -0.4 is 16.2 Å². The maximum atomic E-state index is 13.3. The van der Waals surface area contributed by atoms with Crippen molar-refractivity contribution in [2.45, 2.75) is 78.9 Å². The number of anilines is 1. The van der Waals surface area contributed by atoms with E-state index < -0.39 is 0 Å². The van der Waals surface area contributed by atoms with Crippen LogP contribution in [0.15, 0.2) is 34.3 Å². The van der Waals surface area contributed by atoms with Crippen molar-refractivity contribution >= 4 is 22.5 Å². The minimum absolute atomic E-state index is 0.0770. The molecule has 8 nitrogen and oxygen atoms in total. The summed E-state index contributed by atoms with van der Waals surface area (Å²) in [5, 5.41) is 17.6. The molecule has 1 aromatic carbocycles. The highest BCUT2D eigenvalue weighted by molar-refractivity contribution is 5.96. The molecule has 4 aliphatic rings. The molecule has 0 radical (unpaired) electrons. The van der Waals surface area contributed by atoms with Gasteiger partial charge in [0.15, 0.2) is 5.96 Å². The van der Waals surface area contributed by atoms with E-state index in [4.69, 9.17) is 4.99 Å². The minimum atomic E-state index is -0.265. The smallest absolute Gasteiger partial charge is 0.261 e. The van der Waals surface area contributed by atoms with E-state index in [1.165, 1.54) is 6.42 Å². The molecule has 1 aliphatic heterocycles. The Balaban J connectivity index is 1.43. The molecule has 0 amide bonds. The van der Waals surface area contributed by atoms with Crippen LogP contribution in [0.2, 0.25) is 0 Å². The first kappa shape index (κ1) is 27.1. The fourth-order valence-electron chi connectivity index (χ4n) is 7.19. The summed E-state index contributed by atoms with van der Waals surface area (Å²) in [7, 11) is 0. The molecule has 208 valence electrons. The lowest BCUT2D eigenvalue weighted by Gasteiger charge is -2.61. The summed E-state index contributed by atoms with van der Waals surface area (Å²) in [6.45, 7) is 16.3. The zero-order chi connectivity index (χ0) is 27.2. The van der Waals surface area contributed by atoms with Crippen molar-refractivity contribution in [3.63, 3.8) is 0 Å². The van der Waals surface area contributed by atoms with Gasteiger partial charge in [-0.2, -0.15) is 0 Å². The van der Waals surface area contributed by atoms with Gasteiger partial charge in [0, 0.05) is 31.4 Å². The highest BCUT2D eigenvalue weighted by Crippen LogP contribution is 2.61. The second-order valence-electron chi connectivity index (χ2n) is 13.1. The fraction of sp³-hybridized carbons (Fsp3) is 0.700. The van der Waals surface area contributed by atoms with Gasteiger partial charge in [0.25, 0.3) is 5.56 Å². The molecule has 8 heteroatoms. The van der Waals surface area contributed by atoms with E-state index >= 15 is 0 Å². The molecule has 2 aromatic rings. The summed E-state index contributed by atoms with van der Waals surface area (Å²) in [6.07, 6.45) is 4.81. The van der Waals surface area contributed by atoms with E-state index in [0.717, 1.165) is 56.0 Å². The number of benzene rings is 1. The van der Waals surface area contributed by atoms with Crippen molar-refractivity contribution in [3.8, 4) is 0 Å². The number of aromatic nitrogens is 2. The first-order valence-electron chi connectivity index (χ1n) is 14.5. The predicted octanol–water partition coefficient (Wildman–Crippen LogP) is 4.11. The van der Waals surface area contributed by atoms with Gasteiger partial charge < -0.3 is 20.6 Å². The number of aliphatic hydroxyl groups is 1. The predicted molar refractivity (Wildman–Crippen MR) is 155 cm³/mol. The minimum Gasteiger partial charge on any atom is -0.394 e. The fourth-order valence-corrected chi connectivity index (χ4v) is 7.19.